The van der Waals surface area contributed by atoms with Crippen molar-refractivity contribution in [3.8, 4) is 5.75 Å². The molecule has 30 heavy (non-hydrogen) atoms. The van der Waals surface area contributed by atoms with Crippen LogP contribution in [0, 0.1) is 0 Å². The zero-order valence-electron chi connectivity index (χ0n) is 17.3. The van der Waals surface area contributed by atoms with Crippen LogP contribution in [0.25, 0.3) is 0 Å². The van der Waals surface area contributed by atoms with Crippen molar-refractivity contribution in [2.45, 2.75) is 44.8 Å². The average Bonchev–Trinajstić information content (AvgIpc) is 3.37. The fraction of sp³-hybridized carbons (Fsp3) is 0.409. The lowest BCUT2D eigenvalue weighted by atomic mass is 9.93. The first-order chi connectivity index (χ1) is 14.5. The van der Waals surface area contributed by atoms with Crippen molar-refractivity contribution in [2.24, 2.45) is 0 Å². The summed E-state index contributed by atoms with van der Waals surface area (Å²) in [6, 6.07) is 6.96. The number of para-hydroxylation sites is 1. The molecule has 0 bridgehead atoms. The number of carbonyl (C=O) groups excluding carboxylic acids is 2. The monoisotopic (exact) mass is 426 g/mol. The van der Waals surface area contributed by atoms with Crippen LogP contribution in [0.2, 0.25) is 0 Å². The fourth-order valence-electron chi connectivity index (χ4n) is 4.21. The van der Waals surface area contributed by atoms with E-state index in [0.29, 0.717) is 30.7 Å². The molecule has 8 heteroatoms. The van der Waals surface area contributed by atoms with E-state index in [9.17, 15) is 9.59 Å². The molecular formula is C22H26N4O3S. The first-order valence-corrected chi connectivity index (χ1v) is 11.0. The number of ether oxygens (including phenoxy) is 1. The fourth-order valence-corrected chi connectivity index (χ4v) is 4.83. The molecule has 2 N–H and O–H groups in total. The topological polar surface area (TPSA) is 83.6 Å². The standard InChI is InChI=1S/C22H26N4O3S/c1-13-14(2)26(19(27)9-8-18-23-10-11-30-18)21(15-6-4-5-7-17(15)29-3)20-16(25-13)12-24-22(20)28/h4-7,10-11,13-14,21,25H,8-9,12H2,1-3H3,(H,24,28)/t13-,14-,21-/m1/s1. The molecule has 1 aromatic carbocycles. The van der Waals surface area contributed by atoms with Crippen LogP contribution in [-0.2, 0) is 16.0 Å². The van der Waals surface area contributed by atoms with Gasteiger partial charge in [0.25, 0.3) is 5.91 Å². The van der Waals surface area contributed by atoms with Crippen LogP contribution in [0.4, 0.5) is 0 Å². The van der Waals surface area contributed by atoms with E-state index in [0.717, 1.165) is 16.3 Å². The Labute approximate surface area is 180 Å². The third-order valence-corrected chi connectivity index (χ3v) is 6.71. The molecular weight excluding hydrogens is 400 g/mol. The van der Waals surface area contributed by atoms with Gasteiger partial charge in [-0.3, -0.25) is 9.59 Å². The summed E-state index contributed by atoms with van der Waals surface area (Å²) >= 11 is 1.55. The molecule has 0 saturated heterocycles. The van der Waals surface area contributed by atoms with Crippen LogP contribution in [0.5, 0.6) is 5.75 Å². The number of thiazole rings is 1. The van der Waals surface area contributed by atoms with Gasteiger partial charge in [-0.25, -0.2) is 4.98 Å². The lowest BCUT2D eigenvalue weighted by Crippen LogP contribution is -2.50. The van der Waals surface area contributed by atoms with Gasteiger partial charge in [-0.05, 0) is 19.9 Å². The van der Waals surface area contributed by atoms with Crippen LogP contribution in [0.3, 0.4) is 0 Å². The minimum atomic E-state index is -0.519. The number of carbonyl (C=O) groups is 2. The van der Waals surface area contributed by atoms with Crippen LogP contribution >= 0.6 is 11.3 Å². The van der Waals surface area contributed by atoms with Crippen molar-refractivity contribution >= 4 is 23.2 Å². The summed E-state index contributed by atoms with van der Waals surface area (Å²) in [6.45, 7) is 4.52. The largest absolute Gasteiger partial charge is 0.496 e. The second-order valence-electron chi connectivity index (χ2n) is 7.62. The van der Waals surface area contributed by atoms with Crippen LogP contribution in [0.1, 0.15) is 36.9 Å². The number of methoxy groups -OCH3 is 1. The third-order valence-electron chi connectivity index (χ3n) is 5.87. The molecule has 2 aliphatic heterocycles. The molecule has 1 aromatic heterocycles. The molecule has 4 rings (SSSR count). The van der Waals surface area contributed by atoms with Gasteiger partial charge in [0, 0.05) is 47.8 Å². The second-order valence-corrected chi connectivity index (χ2v) is 8.60. The lowest BCUT2D eigenvalue weighted by molar-refractivity contribution is -0.136. The van der Waals surface area contributed by atoms with E-state index >= 15 is 0 Å². The zero-order chi connectivity index (χ0) is 21.3. The highest BCUT2D eigenvalue weighted by atomic mass is 32.1. The minimum Gasteiger partial charge on any atom is -0.496 e. The van der Waals surface area contributed by atoms with E-state index < -0.39 is 6.04 Å². The van der Waals surface area contributed by atoms with E-state index in [1.807, 2.05) is 48.4 Å². The summed E-state index contributed by atoms with van der Waals surface area (Å²) in [5, 5.41) is 9.23. The van der Waals surface area contributed by atoms with Gasteiger partial charge in [-0.2, -0.15) is 0 Å². The third kappa shape index (κ3) is 3.67. The number of aromatic nitrogens is 1. The van der Waals surface area contributed by atoms with Crippen molar-refractivity contribution in [2.75, 3.05) is 13.7 Å². The zero-order valence-corrected chi connectivity index (χ0v) is 18.2. The highest BCUT2D eigenvalue weighted by Crippen LogP contribution is 2.40. The Kier molecular flexibility index (Phi) is 5.76. The van der Waals surface area contributed by atoms with E-state index in [-0.39, 0.29) is 23.9 Å². The Balaban J connectivity index is 1.78. The summed E-state index contributed by atoms with van der Waals surface area (Å²) in [4.78, 5) is 32.6. The van der Waals surface area contributed by atoms with E-state index in [4.69, 9.17) is 4.74 Å². The molecule has 0 fully saturated rings. The number of nitrogens with zero attached hydrogens (tertiary/aromatic N) is 2. The molecule has 0 aliphatic carbocycles. The summed E-state index contributed by atoms with van der Waals surface area (Å²) < 4.78 is 5.61. The molecule has 2 aliphatic rings. The van der Waals surface area contributed by atoms with Crippen LogP contribution in [-0.4, -0.2) is 47.4 Å². The predicted molar refractivity (Wildman–Crippen MR) is 115 cm³/mol. The Morgan fingerprint density at radius 2 is 2.13 bits per heavy atom. The molecule has 0 unspecified atom stereocenters. The molecule has 0 radical (unpaired) electrons. The average molecular weight is 427 g/mol. The molecule has 2 amide bonds. The Morgan fingerprint density at radius 1 is 1.33 bits per heavy atom. The molecule has 7 nitrogen and oxygen atoms in total. The van der Waals surface area contributed by atoms with Gasteiger partial charge < -0.3 is 20.3 Å². The first-order valence-electron chi connectivity index (χ1n) is 10.1. The highest BCUT2D eigenvalue weighted by Gasteiger charge is 2.43. The SMILES string of the molecule is COc1ccccc1[C@@H]1C2=C(CNC2=O)N[C@H](C)[C@@H](C)N1C(=O)CCc1nccs1. The summed E-state index contributed by atoms with van der Waals surface area (Å²) in [5.74, 6) is 0.511. The number of hydrogen-bond acceptors (Lipinski definition) is 6. The van der Waals surface area contributed by atoms with Crippen LogP contribution < -0.4 is 15.4 Å². The van der Waals surface area contributed by atoms with Crippen molar-refractivity contribution in [1.29, 1.82) is 0 Å². The summed E-state index contributed by atoms with van der Waals surface area (Å²) in [5.41, 5.74) is 2.26. The van der Waals surface area contributed by atoms with E-state index in [2.05, 4.69) is 15.6 Å². The molecule has 3 heterocycles. The normalized spacial score (nSPS) is 23.5. The van der Waals surface area contributed by atoms with Gasteiger partial charge in [-0.1, -0.05) is 18.2 Å². The second kappa shape index (κ2) is 8.47. The van der Waals surface area contributed by atoms with Gasteiger partial charge in [-0.15, -0.1) is 11.3 Å². The Hall–Kier alpha value is -2.87. The smallest absolute Gasteiger partial charge is 0.251 e. The van der Waals surface area contributed by atoms with Gasteiger partial charge in [0.15, 0.2) is 0 Å². The Morgan fingerprint density at radius 3 is 2.87 bits per heavy atom. The minimum absolute atomic E-state index is 0.00398. The van der Waals surface area contributed by atoms with Gasteiger partial charge >= 0.3 is 0 Å². The highest BCUT2D eigenvalue weighted by molar-refractivity contribution is 7.09. The number of benzene rings is 1. The maximum absolute atomic E-state index is 13.6. The van der Waals surface area contributed by atoms with Gasteiger partial charge in [0.05, 0.1) is 30.3 Å². The summed E-state index contributed by atoms with van der Waals surface area (Å²) in [7, 11) is 1.61. The van der Waals surface area contributed by atoms with E-state index in [1.165, 1.54) is 0 Å². The predicted octanol–water partition coefficient (Wildman–Crippen LogP) is 2.42. The number of nitrogens with one attached hydrogen (secondary N) is 2. The summed E-state index contributed by atoms with van der Waals surface area (Å²) in [6.07, 6.45) is 2.67. The van der Waals surface area contributed by atoms with Crippen molar-refractivity contribution < 1.29 is 14.3 Å². The maximum Gasteiger partial charge on any atom is 0.251 e. The Bertz CT molecular complexity index is 973. The maximum atomic E-state index is 13.6. The van der Waals surface area contributed by atoms with Crippen molar-refractivity contribution in [1.82, 2.24) is 20.5 Å². The van der Waals surface area contributed by atoms with Crippen LogP contribution in [0.15, 0.2) is 47.1 Å². The van der Waals surface area contributed by atoms with Crippen molar-refractivity contribution in [3.05, 3.63) is 57.7 Å². The lowest BCUT2D eigenvalue weighted by Gasteiger charge is -2.38. The molecule has 158 valence electrons. The number of amides is 2. The first kappa shape index (κ1) is 20.4. The number of hydrogen-bond donors (Lipinski definition) is 2. The van der Waals surface area contributed by atoms with Crippen molar-refractivity contribution in [3.63, 3.8) is 0 Å². The quantitative estimate of drug-likeness (QED) is 0.767. The number of aryl methyl sites for hydroxylation is 1. The molecule has 0 spiro atoms. The van der Waals surface area contributed by atoms with Gasteiger partial charge in [0.1, 0.15) is 5.75 Å². The molecule has 0 saturated carbocycles. The molecule has 2 aromatic rings. The van der Waals surface area contributed by atoms with E-state index in [1.54, 1.807) is 24.6 Å². The molecule has 3 atom stereocenters. The number of rotatable bonds is 5. The van der Waals surface area contributed by atoms with Gasteiger partial charge in [0.2, 0.25) is 5.91 Å².